The van der Waals surface area contributed by atoms with Crippen LogP contribution in [0.5, 0.6) is 0 Å². The van der Waals surface area contributed by atoms with Crippen molar-refractivity contribution in [2.45, 2.75) is 26.3 Å². The van der Waals surface area contributed by atoms with E-state index in [0.717, 1.165) is 44.8 Å². The maximum atomic E-state index is 12.2. The average molecular weight is 330 g/mol. The number of benzene rings is 1. The SMILES string of the molecule is CC(C)C[C@H](CNc1nc2ccccc2c(=O)[nH]1)N1CCOCC1. The minimum absolute atomic E-state index is 0.102. The van der Waals surface area contributed by atoms with E-state index in [1.54, 1.807) is 6.07 Å². The fourth-order valence-corrected chi connectivity index (χ4v) is 3.23. The molecule has 0 saturated carbocycles. The van der Waals surface area contributed by atoms with E-state index >= 15 is 0 Å². The van der Waals surface area contributed by atoms with Crippen molar-refractivity contribution >= 4 is 16.9 Å². The zero-order chi connectivity index (χ0) is 16.9. The highest BCUT2D eigenvalue weighted by atomic mass is 16.5. The summed E-state index contributed by atoms with van der Waals surface area (Å²) in [6.07, 6.45) is 1.10. The number of hydrogen-bond donors (Lipinski definition) is 2. The lowest BCUT2D eigenvalue weighted by molar-refractivity contribution is 0.0150. The lowest BCUT2D eigenvalue weighted by Crippen LogP contribution is -2.47. The molecule has 0 spiro atoms. The van der Waals surface area contributed by atoms with Gasteiger partial charge in [-0.05, 0) is 24.5 Å². The molecule has 1 aromatic heterocycles. The van der Waals surface area contributed by atoms with Crippen molar-refractivity contribution in [2.75, 3.05) is 38.2 Å². The largest absolute Gasteiger partial charge is 0.379 e. The molecular formula is C18H26N4O2. The first-order valence-corrected chi connectivity index (χ1v) is 8.68. The van der Waals surface area contributed by atoms with Crippen molar-refractivity contribution in [1.29, 1.82) is 0 Å². The molecule has 0 radical (unpaired) electrons. The summed E-state index contributed by atoms with van der Waals surface area (Å²) < 4.78 is 5.46. The number of ether oxygens (including phenoxy) is 1. The number of aromatic nitrogens is 2. The second-order valence-corrected chi connectivity index (χ2v) is 6.74. The van der Waals surface area contributed by atoms with Gasteiger partial charge in [-0.15, -0.1) is 0 Å². The zero-order valence-corrected chi connectivity index (χ0v) is 14.4. The first-order chi connectivity index (χ1) is 11.6. The van der Waals surface area contributed by atoms with E-state index in [4.69, 9.17) is 4.74 Å². The summed E-state index contributed by atoms with van der Waals surface area (Å²) in [6.45, 7) is 8.74. The third-order valence-corrected chi connectivity index (χ3v) is 4.42. The molecular weight excluding hydrogens is 304 g/mol. The molecule has 3 rings (SSSR count). The van der Waals surface area contributed by atoms with E-state index in [1.807, 2.05) is 18.2 Å². The minimum Gasteiger partial charge on any atom is -0.379 e. The van der Waals surface area contributed by atoms with Crippen LogP contribution in [0.3, 0.4) is 0 Å². The topological polar surface area (TPSA) is 70.2 Å². The molecule has 1 aromatic carbocycles. The predicted molar refractivity (Wildman–Crippen MR) is 96.5 cm³/mol. The molecule has 0 bridgehead atoms. The normalized spacial score (nSPS) is 17.3. The molecule has 24 heavy (non-hydrogen) atoms. The molecule has 1 saturated heterocycles. The Bertz CT molecular complexity index is 722. The number of H-pyrrole nitrogens is 1. The van der Waals surface area contributed by atoms with Gasteiger partial charge >= 0.3 is 0 Å². The summed E-state index contributed by atoms with van der Waals surface area (Å²) in [5.74, 6) is 1.16. The van der Waals surface area contributed by atoms with Crippen LogP contribution in [0, 0.1) is 5.92 Å². The Balaban J connectivity index is 1.72. The van der Waals surface area contributed by atoms with Gasteiger partial charge in [-0.1, -0.05) is 26.0 Å². The Morgan fingerprint density at radius 2 is 2.04 bits per heavy atom. The summed E-state index contributed by atoms with van der Waals surface area (Å²) in [4.78, 5) is 22.0. The van der Waals surface area contributed by atoms with Crippen LogP contribution in [0.4, 0.5) is 5.95 Å². The summed E-state index contributed by atoms with van der Waals surface area (Å²) in [5, 5.41) is 3.95. The Kier molecular flexibility index (Phi) is 5.48. The number of para-hydroxylation sites is 1. The molecule has 0 amide bonds. The van der Waals surface area contributed by atoms with Crippen molar-refractivity contribution in [1.82, 2.24) is 14.9 Å². The quantitative estimate of drug-likeness (QED) is 0.849. The number of nitrogens with zero attached hydrogens (tertiary/aromatic N) is 2. The maximum Gasteiger partial charge on any atom is 0.260 e. The molecule has 2 N–H and O–H groups in total. The summed E-state index contributed by atoms with van der Waals surface area (Å²) in [5.41, 5.74) is 0.616. The van der Waals surface area contributed by atoms with Crippen molar-refractivity contribution in [3.05, 3.63) is 34.6 Å². The number of fused-ring (bicyclic) bond motifs is 1. The van der Waals surface area contributed by atoms with E-state index in [2.05, 4.69) is 34.0 Å². The van der Waals surface area contributed by atoms with Crippen molar-refractivity contribution in [2.24, 2.45) is 5.92 Å². The first kappa shape index (κ1) is 16.9. The number of morpholine rings is 1. The highest BCUT2D eigenvalue weighted by molar-refractivity contribution is 5.78. The predicted octanol–water partition coefficient (Wildman–Crippen LogP) is 2.08. The van der Waals surface area contributed by atoms with Crippen molar-refractivity contribution in [3.8, 4) is 0 Å². The first-order valence-electron chi connectivity index (χ1n) is 8.68. The minimum atomic E-state index is -0.102. The number of nitrogens with one attached hydrogen (secondary N) is 2. The van der Waals surface area contributed by atoms with Gasteiger partial charge in [0.25, 0.3) is 5.56 Å². The van der Waals surface area contributed by atoms with Crippen LogP contribution in [0.2, 0.25) is 0 Å². The highest BCUT2D eigenvalue weighted by Crippen LogP contribution is 2.15. The van der Waals surface area contributed by atoms with Crippen LogP contribution in [0.15, 0.2) is 29.1 Å². The van der Waals surface area contributed by atoms with Crippen LogP contribution in [-0.4, -0.2) is 53.8 Å². The molecule has 0 aliphatic carbocycles. The molecule has 130 valence electrons. The van der Waals surface area contributed by atoms with Crippen molar-refractivity contribution in [3.63, 3.8) is 0 Å². The molecule has 2 aromatic rings. The third kappa shape index (κ3) is 4.13. The van der Waals surface area contributed by atoms with Crippen LogP contribution >= 0.6 is 0 Å². The van der Waals surface area contributed by atoms with E-state index in [9.17, 15) is 4.79 Å². The molecule has 6 nitrogen and oxygen atoms in total. The molecule has 1 aliphatic heterocycles. The smallest absolute Gasteiger partial charge is 0.260 e. The van der Waals surface area contributed by atoms with Gasteiger partial charge in [-0.2, -0.15) is 0 Å². The number of anilines is 1. The molecule has 1 aliphatic rings. The van der Waals surface area contributed by atoms with Crippen LogP contribution < -0.4 is 10.9 Å². The highest BCUT2D eigenvalue weighted by Gasteiger charge is 2.22. The van der Waals surface area contributed by atoms with Gasteiger partial charge in [-0.3, -0.25) is 14.7 Å². The molecule has 1 fully saturated rings. The van der Waals surface area contributed by atoms with Gasteiger partial charge < -0.3 is 10.1 Å². The van der Waals surface area contributed by atoms with E-state index in [1.165, 1.54) is 0 Å². The Morgan fingerprint density at radius 3 is 2.79 bits per heavy atom. The third-order valence-electron chi connectivity index (χ3n) is 4.42. The molecule has 0 unspecified atom stereocenters. The Hall–Kier alpha value is -1.92. The fourth-order valence-electron chi connectivity index (χ4n) is 3.23. The van der Waals surface area contributed by atoms with Crippen LogP contribution in [0.25, 0.3) is 10.9 Å². The average Bonchev–Trinajstić information content (AvgIpc) is 2.59. The maximum absolute atomic E-state index is 12.2. The van der Waals surface area contributed by atoms with Gasteiger partial charge in [0.15, 0.2) is 0 Å². The lowest BCUT2D eigenvalue weighted by atomic mass is 10.0. The van der Waals surface area contributed by atoms with Crippen LogP contribution in [0.1, 0.15) is 20.3 Å². The number of hydrogen-bond acceptors (Lipinski definition) is 5. The van der Waals surface area contributed by atoms with Gasteiger partial charge in [0.2, 0.25) is 5.95 Å². The number of aromatic amines is 1. The van der Waals surface area contributed by atoms with E-state index in [-0.39, 0.29) is 5.56 Å². The lowest BCUT2D eigenvalue weighted by Gasteiger charge is -2.35. The molecule has 1 atom stereocenters. The van der Waals surface area contributed by atoms with Gasteiger partial charge in [0.1, 0.15) is 0 Å². The monoisotopic (exact) mass is 330 g/mol. The van der Waals surface area contributed by atoms with E-state index in [0.29, 0.717) is 23.3 Å². The Labute approximate surface area is 142 Å². The Morgan fingerprint density at radius 1 is 1.29 bits per heavy atom. The summed E-state index contributed by atoms with van der Waals surface area (Å²) >= 11 is 0. The standard InChI is InChI=1S/C18H26N4O2/c1-13(2)11-14(22-7-9-24-10-8-22)12-19-18-20-16-6-4-3-5-15(16)17(23)21-18/h3-6,13-14H,7-12H2,1-2H3,(H2,19,20,21,23)/t14-/m1/s1. The fraction of sp³-hybridized carbons (Fsp3) is 0.556. The zero-order valence-electron chi connectivity index (χ0n) is 14.4. The van der Waals surface area contributed by atoms with Gasteiger partial charge in [0, 0.05) is 25.7 Å². The summed E-state index contributed by atoms with van der Waals surface area (Å²) in [7, 11) is 0. The second kappa shape index (κ2) is 7.77. The second-order valence-electron chi connectivity index (χ2n) is 6.74. The van der Waals surface area contributed by atoms with Gasteiger partial charge in [0.05, 0.1) is 24.1 Å². The summed E-state index contributed by atoms with van der Waals surface area (Å²) in [6, 6.07) is 7.81. The van der Waals surface area contributed by atoms with E-state index < -0.39 is 0 Å². The number of rotatable bonds is 6. The molecule has 2 heterocycles. The van der Waals surface area contributed by atoms with Crippen LogP contribution in [-0.2, 0) is 4.74 Å². The molecule has 6 heteroatoms. The van der Waals surface area contributed by atoms with Gasteiger partial charge in [-0.25, -0.2) is 4.98 Å². The van der Waals surface area contributed by atoms with Crippen molar-refractivity contribution < 1.29 is 4.74 Å².